The van der Waals surface area contributed by atoms with Gasteiger partial charge < -0.3 is 20.1 Å². The first-order valence-electron chi connectivity index (χ1n) is 16.0. The van der Waals surface area contributed by atoms with Crippen LogP contribution in [-0.2, 0) is 10.5 Å². The molecule has 1 amide bonds. The van der Waals surface area contributed by atoms with Crippen LogP contribution < -0.4 is 20.1 Å². The number of hydrogen-bond acceptors (Lipinski definition) is 7. The number of benzene rings is 3. The van der Waals surface area contributed by atoms with Crippen LogP contribution in [0.4, 0.5) is 11.6 Å². The van der Waals surface area contributed by atoms with E-state index in [4.69, 9.17) is 31.2 Å². The van der Waals surface area contributed by atoms with Crippen molar-refractivity contribution in [1.82, 2.24) is 14.8 Å². The molecule has 1 aromatic heterocycles. The minimum Gasteiger partial charge on any atom is -0.490 e. The molecule has 0 radical (unpaired) electrons. The molecule has 0 saturated carbocycles. The van der Waals surface area contributed by atoms with Crippen LogP contribution in [0.25, 0.3) is 0 Å². The Bertz CT molecular complexity index is 1780. The molecule has 248 valence electrons. The smallest absolute Gasteiger partial charge is 0.255 e. The molecule has 2 N–H and O–H groups in total. The minimum absolute atomic E-state index is 0.231. The van der Waals surface area contributed by atoms with Crippen molar-refractivity contribution in [2.45, 2.75) is 77.3 Å². The van der Waals surface area contributed by atoms with Crippen molar-refractivity contribution < 1.29 is 14.3 Å². The Kier molecular flexibility index (Phi) is 11.9. The lowest BCUT2D eigenvalue weighted by atomic mass is 9.94. The molecule has 0 spiro atoms. The average Bonchev–Trinajstić information content (AvgIpc) is 3.45. The van der Waals surface area contributed by atoms with Crippen LogP contribution in [0.15, 0.2) is 75.5 Å². The number of aryl methyl sites for hydroxylation is 1. The molecule has 0 bridgehead atoms. The van der Waals surface area contributed by atoms with E-state index in [-0.39, 0.29) is 5.91 Å². The molecule has 2 heterocycles. The Morgan fingerprint density at radius 3 is 2.64 bits per heavy atom. The van der Waals surface area contributed by atoms with E-state index in [2.05, 4.69) is 33.5 Å². The Labute approximate surface area is 294 Å². The number of unbranched alkanes of at least 4 members (excludes halogenated alkanes) is 3. The van der Waals surface area contributed by atoms with Gasteiger partial charge >= 0.3 is 0 Å². The zero-order valence-corrected chi connectivity index (χ0v) is 30.6. The van der Waals surface area contributed by atoms with Gasteiger partial charge in [0.1, 0.15) is 6.04 Å². The summed E-state index contributed by atoms with van der Waals surface area (Å²) in [6.07, 6.45) is 4.41. The summed E-state index contributed by atoms with van der Waals surface area (Å²) in [6, 6.07) is 17.0. The molecule has 5 rings (SSSR count). The number of amides is 1. The normalized spacial score (nSPS) is 14.1. The molecular formula is C36H41BrClN5O3S. The third-order valence-electron chi connectivity index (χ3n) is 8.14. The predicted molar refractivity (Wildman–Crippen MR) is 195 cm³/mol. The van der Waals surface area contributed by atoms with Crippen molar-refractivity contribution in [3.8, 4) is 11.5 Å². The summed E-state index contributed by atoms with van der Waals surface area (Å²) >= 11 is 11.7. The zero-order chi connectivity index (χ0) is 33.5. The number of thioether (sulfide) groups is 1. The van der Waals surface area contributed by atoms with E-state index in [0.717, 1.165) is 51.7 Å². The maximum Gasteiger partial charge on any atom is 0.255 e. The molecule has 0 fully saturated rings. The molecule has 1 aliphatic heterocycles. The van der Waals surface area contributed by atoms with Crippen LogP contribution in [0.2, 0.25) is 5.02 Å². The topological polar surface area (TPSA) is 90.3 Å². The summed E-state index contributed by atoms with van der Waals surface area (Å²) in [5.41, 5.74) is 5.88. The number of halogens is 2. The number of rotatable bonds is 14. The second-order valence-corrected chi connectivity index (χ2v) is 13.7. The molecule has 0 aliphatic carbocycles. The Hall–Kier alpha value is -3.47. The maximum atomic E-state index is 14.2. The van der Waals surface area contributed by atoms with E-state index in [1.54, 1.807) is 4.68 Å². The fraction of sp³-hybridized carbons (Fsp3) is 0.361. The molecule has 1 unspecified atom stereocenters. The maximum absolute atomic E-state index is 14.2. The van der Waals surface area contributed by atoms with Crippen LogP contribution in [0.5, 0.6) is 11.5 Å². The van der Waals surface area contributed by atoms with Gasteiger partial charge in [0.15, 0.2) is 11.5 Å². The first kappa shape index (κ1) is 34.9. The van der Waals surface area contributed by atoms with Gasteiger partial charge in [-0.15, -0.1) is 5.10 Å². The van der Waals surface area contributed by atoms with Crippen LogP contribution in [-0.4, -0.2) is 33.9 Å². The van der Waals surface area contributed by atoms with Crippen LogP contribution in [0, 0.1) is 13.8 Å². The van der Waals surface area contributed by atoms with E-state index in [1.165, 1.54) is 18.2 Å². The number of nitrogens with zero attached hydrogens (tertiary/aromatic N) is 3. The lowest BCUT2D eigenvalue weighted by molar-refractivity contribution is -0.113. The number of allylic oxidation sites excluding steroid dienone is 1. The van der Waals surface area contributed by atoms with Gasteiger partial charge in [-0.25, -0.2) is 4.68 Å². The van der Waals surface area contributed by atoms with Crippen molar-refractivity contribution >= 4 is 56.8 Å². The van der Waals surface area contributed by atoms with E-state index in [9.17, 15) is 4.79 Å². The molecule has 0 saturated heterocycles. The number of hydrogen-bond donors (Lipinski definition) is 2. The molecule has 8 nitrogen and oxygen atoms in total. The summed E-state index contributed by atoms with van der Waals surface area (Å²) in [6.45, 7) is 11.1. The highest BCUT2D eigenvalue weighted by molar-refractivity contribution is 9.10. The molecule has 1 aliphatic rings. The van der Waals surface area contributed by atoms with Crippen molar-refractivity contribution in [2.24, 2.45) is 0 Å². The predicted octanol–water partition coefficient (Wildman–Crippen LogP) is 9.89. The van der Waals surface area contributed by atoms with Crippen molar-refractivity contribution in [3.63, 3.8) is 0 Å². The highest BCUT2D eigenvalue weighted by atomic mass is 79.9. The molecule has 47 heavy (non-hydrogen) atoms. The summed E-state index contributed by atoms with van der Waals surface area (Å²) in [5, 5.41) is 12.7. The van der Waals surface area contributed by atoms with E-state index >= 15 is 0 Å². The Balaban J connectivity index is 1.54. The second-order valence-electron chi connectivity index (χ2n) is 11.5. The van der Waals surface area contributed by atoms with Gasteiger partial charge in [0.25, 0.3) is 5.91 Å². The SMILES string of the molecule is CCCCCCOc1c(Br)cc(C2C(C(=O)Nc3cccc(C)c3C)=C(C)Nc3nc(SCc4ccccc4Cl)nn32)cc1OCC. The molecule has 1 atom stereocenters. The van der Waals surface area contributed by atoms with Crippen molar-refractivity contribution in [2.75, 3.05) is 23.8 Å². The number of carbonyl (C=O) groups is 1. The molecule has 11 heteroatoms. The highest BCUT2D eigenvalue weighted by Gasteiger charge is 2.36. The quantitative estimate of drug-likeness (QED) is 0.0984. The fourth-order valence-electron chi connectivity index (χ4n) is 5.48. The first-order chi connectivity index (χ1) is 22.7. The number of fused-ring (bicyclic) bond motifs is 1. The lowest BCUT2D eigenvalue weighted by Gasteiger charge is -2.29. The largest absolute Gasteiger partial charge is 0.490 e. The monoisotopic (exact) mass is 737 g/mol. The number of carbonyl (C=O) groups excluding carboxylic acids is 1. The molecular weight excluding hydrogens is 698 g/mol. The van der Waals surface area contributed by atoms with Gasteiger partial charge in [0, 0.05) is 22.2 Å². The number of anilines is 2. The third-order valence-corrected chi connectivity index (χ3v) is 9.98. The minimum atomic E-state index is -0.604. The molecule has 4 aromatic rings. The van der Waals surface area contributed by atoms with E-state index in [1.807, 2.05) is 82.3 Å². The van der Waals surface area contributed by atoms with E-state index in [0.29, 0.717) is 57.9 Å². The number of nitrogens with one attached hydrogen (secondary N) is 2. The zero-order valence-electron chi connectivity index (χ0n) is 27.5. The standard InChI is InChI=1S/C36H41BrClN5O3S/c1-6-8-9-12-18-46-33-27(37)19-26(20-30(33)45-7-2)32-31(34(44)40-29-17-13-14-22(3)23(29)4)24(5)39-35-41-36(42-43(32)35)47-21-25-15-10-11-16-28(25)38/h10-11,13-17,19-20,32H,6-9,12,18,21H2,1-5H3,(H,40,44)(H,39,41,42). The fourth-order valence-corrected chi connectivity index (χ4v) is 7.17. The average molecular weight is 739 g/mol. The summed E-state index contributed by atoms with van der Waals surface area (Å²) in [4.78, 5) is 19.0. The summed E-state index contributed by atoms with van der Waals surface area (Å²) in [5.74, 6) is 2.17. The second kappa shape index (κ2) is 16.1. The van der Waals surface area contributed by atoms with Gasteiger partial charge in [0.05, 0.1) is 23.3 Å². The van der Waals surface area contributed by atoms with Gasteiger partial charge in [-0.05, 0) is 96.6 Å². The van der Waals surface area contributed by atoms with Gasteiger partial charge in [-0.2, -0.15) is 4.98 Å². The highest BCUT2D eigenvalue weighted by Crippen LogP contribution is 2.44. The Morgan fingerprint density at radius 2 is 1.87 bits per heavy atom. The lowest BCUT2D eigenvalue weighted by Crippen LogP contribution is -2.31. The molecule has 3 aromatic carbocycles. The van der Waals surface area contributed by atoms with Gasteiger partial charge in [-0.1, -0.05) is 79.9 Å². The summed E-state index contributed by atoms with van der Waals surface area (Å²) < 4.78 is 14.9. The van der Waals surface area contributed by atoms with Gasteiger partial charge in [0.2, 0.25) is 11.1 Å². The number of aromatic nitrogens is 3. The number of ether oxygens (including phenoxy) is 2. The van der Waals surface area contributed by atoms with Crippen LogP contribution >= 0.6 is 39.3 Å². The van der Waals surface area contributed by atoms with Crippen LogP contribution in [0.3, 0.4) is 0 Å². The Morgan fingerprint density at radius 1 is 1.06 bits per heavy atom. The first-order valence-corrected chi connectivity index (χ1v) is 18.1. The van der Waals surface area contributed by atoms with Crippen LogP contribution in [0.1, 0.15) is 74.8 Å². The van der Waals surface area contributed by atoms with Crippen molar-refractivity contribution in [3.05, 3.63) is 97.6 Å². The van der Waals surface area contributed by atoms with E-state index < -0.39 is 6.04 Å². The third kappa shape index (κ3) is 8.16. The van der Waals surface area contributed by atoms with Crippen molar-refractivity contribution in [1.29, 1.82) is 0 Å². The summed E-state index contributed by atoms with van der Waals surface area (Å²) in [7, 11) is 0. The van der Waals surface area contributed by atoms with Gasteiger partial charge in [-0.3, -0.25) is 4.79 Å².